The van der Waals surface area contributed by atoms with Crippen molar-refractivity contribution in [3.63, 3.8) is 0 Å². The predicted molar refractivity (Wildman–Crippen MR) is 81.2 cm³/mol. The second-order valence-corrected chi connectivity index (χ2v) is 4.49. The third-order valence-electron chi connectivity index (χ3n) is 2.79. The van der Waals surface area contributed by atoms with Gasteiger partial charge < -0.3 is 20.5 Å². The van der Waals surface area contributed by atoms with Crippen LogP contribution in [0, 0.1) is 0 Å². The molecule has 7 heteroatoms. The van der Waals surface area contributed by atoms with Crippen LogP contribution < -0.4 is 20.5 Å². The predicted octanol–water partition coefficient (Wildman–Crippen LogP) is 2.59. The molecule has 2 rings (SSSR count). The fraction of sp³-hybridized carbons (Fsp3) is 0.143. The number of nitrogen functional groups attached to an aromatic ring is 1. The summed E-state index contributed by atoms with van der Waals surface area (Å²) in [5.41, 5.74) is 6.37. The molecule has 1 amide bonds. The Morgan fingerprint density at radius 1 is 1.29 bits per heavy atom. The van der Waals surface area contributed by atoms with Crippen molar-refractivity contribution >= 4 is 29.0 Å². The van der Waals surface area contributed by atoms with Gasteiger partial charge in [-0.3, -0.25) is 4.79 Å². The molecule has 0 unspecified atom stereocenters. The number of aromatic nitrogens is 1. The summed E-state index contributed by atoms with van der Waals surface area (Å²) in [6.07, 6.45) is 1.53. The molecule has 0 bridgehead atoms. The maximum absolute atomic E-state index is 12.3. The molecule has 110 valence electrons. The standard InChI is InChI=1S/C14H14ClN3O3/c1-20-11-6-8(10(16)7-12(11)21-2)14(19)18-13-9(15)4-3-5-17-13/h3-7H,16H2,1-2H3,(H,17,18,19). The summed E-state index contributed by atoms with van der Waals surface area (Å²) < 4.78 is 10.3. The smallest absolute Gasteiger partial charge is 0.259 e. The van der Waals surface area contributed by atoms with Gasteiger partial charge in [0.1, 0.15) is 0 Å². The van der Waals surface area contributed by atoms with E-state index in [0.29, 0.717) is 16.5 Å². The number of halogens is 1. The molecule has 0 aliphatic heterocycles. The van der Waals surface area contributed by atoms with E-state index >= 15 is 0 Å². The maximum Gasteiger partial charge on any atom is 0.259 e. The van der Waals surface area contributed by atoms with E-state index < -0.39 is 5.91 Å². The largest absolute Gasteiger partial charge is 0.493 e. The number of anilines is 2. The van der Waals surface area contributed by atoms with Crippen LogP contribution >= 0.6 is 11.6 Å². The highest BCUT2D eigenvalue weighted by atomic mass is 35.5. The van der Waals surface area contributed by atoms with Gasteiger partial charge in [-0.1, -0.05) is 11.6 Å². The van der Waals surface area contributed by atoms with Crippen LogP contribution in [0.1, 0.15) is 10.4 Å². The number of nitrogens with two attached hydrogens (primary N) is 1. The Bertz CT molecular complexity index is 677. The van der Waals surface area contributed by atoms with Crippen molar-refractivity contribution in [2.75, 3.05) is 25.3 Å². The molecule has 0 aliphatic rings. The highest BCUT2D eigenvalue weighted by Gasteiger charge is 2.16. The topological polar surface area (TPSA) is 86.5 Å². The van der Waals surface area contributed by atoms with Crippen molar-refractivity contribution in [3.8, 4) is 11.5 Å². The van der Waals surface area contributed by atoms with Crippen LogP contribution in [0.2, 0.25) is 5.02 Å². The van der Waals surface area contributed by atoms with Crippen LogP contribution in [-0.2, 0) is 0 Å². The van der Waals surface area contributed by atoms with Gasteiger partial charge in [0.25, 0.3) is 5.91 Å². The average Bonchev–Trinajstić information content (AvgIpc) is 2.49. The Morgan fingerprint density at radius 2 is 1.95 bits per heavy atom. The summed E-state index contributed by atoms with van der Waals surface area (Å²) in [7, 11) is 2.97. The number of amides is 1. The van der Waals surface area contributed by atoms with Gasteiger partial charge in [0.15, 0.2) is 17.3 Å². The lowest BCUT2D eigenvalue weighted by Crippen LogP contribution is -2.15. The maximum atomic E-state index is 12.3. The van der Waals surface area contributed by atoms with Crippen molar-refractivity contribution < 1.29 is 14.3 Å². The third-order valence-corrected chi connectivity index (χ3v) is 3.10. The SMILES string of the molecule is COc1cc(N)c(C(=O)Nc2ncccc2Cl)cc1OC. The Labute approximate surface area is 126 Å². The van der Waals surface area contributed by atoms with Gasteiger partial charge in [-0.05, 0) is 18.2 Å². The van der Waals surface area contributed by atoms with E-state index in [-0.39, 0.29) is 17.1 Å². The number of methoxy groups -OCH3 is 2. The molecule has 1 heterocycles. The Balaban J connectivity index is 2.33. The van der Waals surface area contributed by atoms with Gasteiger partial charge in [-0.15, -0.1) is 0 Å². The van der Waals surface area contributed by atoms with Gasteiger partial charge in [0.05, 0.1) is 24.8 Å². The van der Waals surface area contributed by atoms with Crippen LogP contribution in [0.3, 0.4) is 0 Å². The minimum atomic E-state index is -0.436. The van der Waals surface area contributed by atoms with Crippen LogP contribution in [-0.4, -0.2) is 25.1 Å². The zero-order chi connectivity index (χ0) is 15.4. The molecule has 2 aromatic rings. The van der Waals surface area contributed by atoms with Crippen LogP contribution in [0.4, 0.5) is 11.5 Å². The van der Waals surface area contributed by atoms with E-state index in [1.54, 1.807) is 12.1 Å². The fourth-order valence-corrected chi connectivity index (χ4v) is 1.91. The lowest BCUT2D eigenvalue weighted by Gasteiger charge is -2.12. The number of hydrogen-bond acceptors (Lipinski definition) is 5. The van der Waals surface area contributed by atoms with Crippen LogP contribution in [0.25, 0.3) is 0 Å². The van der Waals surface area contributed by atoms with Gasteiger partial charge >= 0.3 is 0 Å². The Morgan fingerprint density at radius 3 is 2.57 bits per heavy atom. The zero-order valence-corrected chi connectivity index (χ0v) is 12.3. The van der Waals surface area contributed by atoms with Crippen molar-refractivity contribution in [1.82, 2.24) is 4.98 Å². The monoisotopic (exact) mass is 307 g/mol. The molecule has 0 spiro atoms. The number of carbonyl (C=O) groups excluding carboxylic acids is 1. The normalized spacial score (nSPS) is 10.0. The molecule has 0 aliphatic carbocycles. The summed E-state index contributed by atoms with van der Waals surface area (Å²) in [6, 6.07) is 6.32. The number of carbonyl (C=O) groups is 1. The van der Waals surface area contributed by atoms with E-state index in [0.717, 1.165) is 0 Å². The van der Waals surface area contributed by atoms with Crippen molar-refractivity contribution in [2.24, 2.45) is 0 Å². The summed E-state index contributed by atoms with van der Waals surface area (Å²) in [6.45, 7) is 0. The first kappa shape index (κ1) is 14.9. The van der Waals surface area contributed by atoms with Gasteiger partial charge in [-0.25, -0.2) is 4.98 Å². The van der Waals surface area contributed by atoms with E-state index in [4.69, 9.17) is 26.8 Å². The van der Waals surface area contributed by atoms with Crippen LogP contribution in [0.5, 0.6) is 11.5 Å². The van der Waals surface area contributed by atoms with E-state index in [1.807, 2.05) is 0 Å². The Hall–Kier alpha value is -2.47. The van der Waals surface area contributed by atoms with Crippen molar-refractivity contribution in [3.05, 3.63) is 41.0 Å². The summed E-state index contributed by atoms with van der Waals surface area (Å²) in [4.78, 5) is 16.3. The first-order chi connectivity index (χ1) is 10.1. The molecule has 0 radical (unpaired) electrons. The molecule has 6 nitrogen and oxygen atoms in total. The summed E-state index contributed by atoms with van der Waals surface area (Å²) in [5, 5.41) is 2.94. The molecule has 3 N–H and O–H groups in total. The highest BCUT2D eigenvalue weighted by molar-refractivity contribution is 6.33. The van der Waals surface area contributed by atoms with Gasteiger partial charge in [0, 0.05) is 18.0 Å². The quantitative estimate of drug-likeness (QED) is 0.848. The molecular weight excluding hydrogens is 294 g/mol. The lowest BCUT2D eigenvalue weighted by atomic mass is 10.1. The number of hydrogen-bond donors (Lipinski definition) is 2. The van der Waals surface area contributed by atoms with Crippen molar-refractivity contribution in [2.45, 2.75) is 0 Å². The number of benzene rings is 1. The summed E-state index contributed by atoms with van der Waals surface area (Å²) in [5.74, 6) is 0.679. The second kappa shape index (κ2) is 6.32. The lowest BCUT2D eigenvalue weighted by molar-refractivity contribution is 0.102. The third kappa shape index (κ3) is 3.17. The van der Waals surface area contributed by atoms with Gasteiger partial charge in [0.2, 0.25) is 0 Å². The number of nitrogens with one attached hydrogen (secondary N) is 1. The number of ether oxygens (including phenoxy) is 2. The van der Waals surface area contributed by atoms with Crippen LogP contribution in [0.15, 0.2) is 30.5 Å². The fourth-order valence-electron chi connectivity index (χ4n) is 1.74. The molecule has 1 aromatic carbocycles. The molecular formula is C14H14ClN3O3. The number of nitrogens with zero attached hydrogens (tertiary/aromatic N) is 1. The zero-order valence-electron chi connectivity index (χ0n) is 11.5. The average molecular weight is 308 g/mol. The molecule has 0 atom stereocenters. The van der Waals surface area contributed by atoms with E-state index in [2.05, 4.69) is 10.3 Å². The molecule has 0 fully saturated rings. The minimum Gasteiger partial charge on any atom is -0.493 e. The van der Waals surface area contributed by atoms with Crippen molar-refractivity contribution in [1.29, 1.82) is 0 Å². The van der Waals surface area contributed by atoms with E-state index in [1.165, 1.54) is 32.5 Å². The first-order valence-corrected chi connectivity index (χ1v) is 6.38. The number of rotatable bonds is 4. The molecule has 1 aromatic heterocycles. The van der Waals surface area contributed by atoms with E-state index in [9.17, 15) is 4.79 Å². The molecule has 0 saturated heterocycles. The number of pyridine rings is 1. The highest BCUT2D eigenvalue weighted by Crippen LogP contribution is 2.32. The Kier molecular flexibility index (Phi) is 4.49. The molecule has 21 heavy (non-hydrogen) atoms. The summed E-state index contributed by atoms with van der Waals surface area (Å²) >= 11 is 5.95. The minimum absolute atomic E-state index is 0.245. The van der Waals surface area contributed by atoms with Gasteiger partial charge in [-0.2, -0.15) is 0 Å². The first-order valence-electron chi connectivity index (χ1n) is 6.00. The second-order valence-electron chi connectivity index (χ2n) is 4.08. The molecule has 0 saturated carbocycles.